The van der Waals surface area contributed by atoms with Crippen LogP contribution in [0, 0.1) is 29.6 Å². The Hall–Kier alpha value is -6.04. The number of imide groups is 1. The van der Waals surface area contributed by atoms with Crippen molar-refractivity contribution in [1.82, 2.24) is 35.1 Å². The summed E-state index contributed by atoms with van der Waals surface area (Å²) in [4.78, 5) is 151. The number of nitrogens with one attached hydrogen (secondary N) is 2. The van der Waals surface area contributed by atoms with Crippen molar-refractivity contribution < 1.29 is 77.8 Å². The van der Waals surface area contributed by atoms with Crippen LogP contribution in [0.15, 0.2) is 24.3 Å². The minimum absolute atomic E-state index is 0.00226. The first-order chi connectivity index (χ1) is 37.4. The van der Waals surface area contributed by atoms with Crippen LogP contribution in [0.4, 0.5) is 0 Å². The number of likely N-dealkylation sites (N-methyl/N-ethyl adjacent to an activating group) is 2. The number of ether oxygens (including phenoxy) is 2. The highest BCUT2D eigenvalue weighted by molar-refractivity contribution is 6.10. The second-order valence-electron chi connectivity index (χ2n) is 23.3. The number of esters is 1. The number of rotatable bonds is 18. The van der Waals surface area contributed by atoms with E-state index in [0.29, 0.717) is 22.6 Å². The van der Waals surface area contributed by atoms with Crippen molar-refractivity contribution in [3.63, 3.8) is 0 Å². The summed E-state index contributed by atoms with van der Waals surface area (Å²) < 4.78 is 11.5. The topological polar surface area (TPSA) is 310 Å². The van der Waals surface area contributed by atoms with Crippen LogP contribution in [-0.4, -0.2) is 211 Å². The molecule has 3 saturated heterocycles. The Balaban J connectivity index is 1.95. The van der Waals surface area contributed by atoms with Crippen molar-refractivity contribution in [2.75, 3.05) is 34.3 Å². The van der Waals surface area contributed by atoms with Crippen molar-refractivity contribution in [3.8, 4) is 5.75 Å². The maximum atomic E-state index is 15.2. The van der Waals surface area contributed by atoms with Gasteiger partial charge in [0.2, 0.25) is 41.4 Å². The molecule has 448 valence electrons. The summed E-state index contributed by atoms with van der Waals surface area (Å²) in [7, 11) is 4.15. The van der Waals surface area contributed by atoms with E-state index in [1.165, 1.54) is 46.9 Å². The molecule has 0 radical (unpaired) electrons. The number of fused-ring (bicyclic) bond motifs is 1. The monoisotopic (exact) mass is 1130 g/mol. The number of aliphatic hydroxyl groups is 4. The Bertz CT molecular complexity index is 2380. The van der Waals surface area contributed by atoms with Gasteiger partial charge in [0, 0.05) is 40.0 Å². The first-order valence-electron chi connectivity index (χ1n) is 28.1. The zero-order valence-electron chi connectivity index (χ0n) is 49.1. The molecule has 0 aromatic heterocycles. The van der Waals surface area contributed by atoms with Gasteiger partial charge in [0.1, 0.15) is 60.3 Å². The molecule has 3 aliphatic heterocycles. The summed E-state index contributed by atoms with van der Waals surface area (Å²) in [5.74, 6) is -12.3. The number of amides is 8. The molecule has 1 aromatic carbocycles. The third-order valence-electron chi connectivity index (χ3n) is 15.7. The molecule has 14 atom stereocenters. The highest BCUT2D eigenvalue weighted by Crippen LogP contribution is 2.30. The molecule has 2 unspecified atom stereocenters. The number of β-amino-alcohol motifs (C(OH)–C–C–N with tert-alkyl or cyclic N) is 1. The molecular formula is C57H89N7O16. The van der Waals surface area contributed by atoms with E-state index in [9.17, 15) is 49.2 Å². The van der Waals surface area contributed by atoms with E-state index < -0.39 is 156 Å². The first kappa shape index (κ1) is 66.5. The second kappa shape index (κ2) is 29.1. The van der Waals surface area contributed by atoms with E-state index in [1.54, 1.807) is 79.7 Å². The zero-order valence-corrected chi connectivity index (χ0v) is 49.1. The van der Waals surface area contributed by atoms with Gasteiger partial charge in [-0.15, -0.1) is 0 Å². The predicted octanol–water partition coefficient (Wildman–Crippen LogP) is 0.975. The van der Waals surface area contributed by atoms with Gasteiger partial charge in [0.05, 0.1) is 37.7 Å². The van der Waals surface area contributed by atoms with Crippen molar-refractivity contribution in [2.24, 2.45) is 29.6 Å². The Morgan fingerprint density at radius 1 is 0.887 bits per heavy atom. The third kappa shape index (κ3) is 16.1. The first-order valence-corrected chi connectivity index (χ1v) is 28.1. The van der Waals surface area contributed by atoms with Gasteiger partial charge in [-0.1, -0.05) is 73.9 Å². The Morgan fingerprint density at radius 2 is 1.51 bits per heavy atom. The number of methoxy groups -OCH3 is 1. The number of carbonyl (C=O) groups is 10. The quantitative estimate of drug-likeness (QED) is 0.0882. The molecule has 23 heteroatoms. The van der Waals surface area contributed by atoms with Crippen LogP contribution in [0.3, 0.4) is 0 Å². The van der Waals surface area contributed by atoms with Gasteiger partial charge in [0.15, 0.2) is 5.78 Å². The lowest BCUT2D eigenvalue weighted by Crippen LogP contribution is -2.63. The molecule has 0 spiro atoms. The highest BCUT2D eigenvalue weighted by atomic mass is 16.5. The minimum atomic E-state index is -1.82. The average molecular weight is 1130 g/mol. The van der Waals surface area contributed by atoms with Gasteiger partial charge in [-0.25, -0.2) is 4.79 Å². The number of benzene rings is 1. The molecule has 80 heavy (non-hydrogen) atoms. The van der Waals surface area contributed by atoms with Gasteiger partial charge in [-0.05, 0) is 87.8 Å². The van der Waals surface area contributed by atoms with Crippen molar-refractivity contribution in [2.45, 2.75) is 200 Å². The SMILES string of the molecule is CC[C@H](C)C1NC(=O)[C@@H](NC(=O)[C@@H](CC(C)C)N(C)C(=O)[C@@H]2C[C@@H](O)CN2C(=O)[C@H](C)O)[C@@H](C)OC(=O)[C@H](Cc2ccc(OC)cc2)N(C)C(=O)[C@@H]2CCCN2C(=O)C(CC(C)C)N(C(=O)[C@@H](C)C(=O)[C@@H](O)C(C)C)C(=O)C[C@@H]1O. The van der Waals surface area contributed by atoms with Gasteiger partial charge in [-0.3, -0.25) is 48.1 Å². The van der Waals surface area contributed by atoms with Crippen LogP contribution < -0.4 is 15.4 Å². The Morgan fingerprint density at radius 3 is 2.06 bits per heavy atom. The maximum Gasteiger partial charge on any atom is 0.329 e. The molecule has 23 nitrogen and oxygen atoms in total. The smallest absolute Gasteiger partial charge is 0.329 e. The number of likely N-dealkylation sites (tertiary alicyclic amines) is 1. The maximum absolute atomic E-state index is 15.2. The van der Waals surface area contributed by atoms with Crippen LogP contribution in [-0.2, 0) is 59.1 Å². The molecule has 3 heterocycles. The third-order valence-corrected chi connectivity index (χ3v) is 15.7. The van der Waals surface area contributed by atoms with E-state index in [2.05, 4.69) is 10.6 Å². The van der Waals surface area contributed by atoms with Crippen LogP contribution in [0.25, 0.3) is 0 Å². The summed E-state index contributed by atoms with van der Waals surface area (Å²) >= 11 is 0. The predicted molar refractivity (Wildman–Crippen MR) is 291 cm³/mol. The number of cyclic esters (lactones) is 1. The number of aliphatic hydroxyl groups excluding tert-OH is 4. The molecule has 8 amide bonds. The van der Waals surface area contributed by atoms with Crippen LogP contribution in [0.2, 0.25) is 0 Å². The highest BCUT2D eigenvalue weighted by Gasteiger charge is 2.49. The number of ketones is 1. The van der Waals surface area contributed by atoms with E-state index in [0.717, 1.165) is 14.7 Å². The van der Waals surface area contributed by atoms with Gasteiger partial charge in [-0.2, -0.15) is 0 Å². The fourth-order valence-corrected chi connectivity index (χ4v) is 10.7. The summed E-state index contributed by atoms with van der Waals surface area (Å²) in [5, 5.41) is 49.3. The van der Waals surface area contributed by atoms with Crippen molar-refractivity contribution in [3.05, 3.63) is 29.8 Å². The largest absolute Gasteiger partial charge is 0.497 e. The summed E-state index contributed by atoms with van der Waals surface area (Å²) in [6.07, 6.45) is -8.36. The van der Waals surface area contributed by atoms with Crippen molar-refractivity contribution in [1.29, 1.82) is 0 Å². The van der Waals surface area contributed by atoms with Gasteiger partial charge >= 0.3 is 5.97 Å². The number of hydrogen-bond donors (Lipinski definition) is 6. The lowest BCUT2D eigenvalue weighted by molar-refractivity contribution is -0.165. The molecule has 0 aliphatic carbocycles. The molecule has 3 aliphatic rings. The normalized spacial score (nSPS) is 26.7. The molecule has 1 aromatic rings. The fraction of sp³-hybridized carbons (Fsp3) is 0.719. The second-order valence-corrected chi connectivity index (χ2v) is 23.3. The molecule has 0 bridgehead atoms. The number of Topliss-reactive ketones (excluding diaryl/α,β-unsaturated/α-hetero) is 1. The average Bonchev–Trinajstić information content (AvgIpc) is 4.06. The molecule has 4 rings (SSSR count). The Labute approximate surface area is 470 Å². The number of nitrogens with zero attached hydrogens (tertiary/aromatic N) is 5. The van der Waals surface area contributed by atoms with E-state index in [1.807, 2.05) is 0 Å². The summed E-state index contributed by atoms with van der Waals surface area (Å²) in [5.41, 5.74) is 0.540. The lowest BCUT2D eigenvalue weighted by atomic mass is 9.90. The Kier molecular flexibility index (Phi) is 24.2. The van der Waals surface area contributed by atoms with Crippen molar-refractivity contribution >= 4 is 59.0 Å². The number of hydrogen-bond acceptors (Lipinski definition) is 16. The molecule has 6 N–H and O–H groups in total. The molecule has 3 fully saturated rings. The summed E-state index contributed by atoms with van der Waals surface area (Å²) in [6.45, 7) is 17.1. The van der Waals surface area contributed by atoms with E-state index >= 15 is 19.2 Å². The van der Waals surface area contributed by atoms with E-state index in [4.69, 9.17) is 9.47 Å². The van der Waals surface area contributed by atoms with E-state index in [-0.39, 0.29) is 63.5 Å². The van der Waals surface area contributed by atoms with Crippen LogP contribution in [0.1, 0.15) is 127 Å². The standard InChI is InChI=1S/C57H89N7O16/c1-15-32(8)46-44(67)27-45(68)64(52(73)33(9)49(70)48(69)31(6)7)42(24-30(4)5)56(77)62-22-16-17-39(62)54(75)61(13)43(25-36-18-20-38(79-14)21-19-36)57(78)80-35(11)47(51(72)58-46)59-50(71)40(23-29(2)3)60(12)55(76)41-26-37(66)28-63(41)53(74)34(10)65/h18-21,29-35,37,39-44,46-48,65-67,69H,15-17,22-28H2,1-14H3,(H,58,72)(H,59,71)/t32-,33-,34-,35+,37+,39-,40+,41-,42?,43-,44-,46?,47-,48-/m0/s1. The zero-order chi connectivity index (χ0) is 60.4. The lowest BCUT2D eigenvalue weighted by Gasteiger charge is -2.39. The summed E-state index contributed by atoms with van der Waals surface area (Å²) in [6, 6.07) is -3.47. The minimum Gasteiger partial charge on any atom is -0.497 e. The molecular weight excluding hydrogens is 1040 g/mol. The fourth-order valence-electron chi connectivity index (χ4n) is 10.7. The van der Waals surface area contributed by atoms with Gasteiger partial charge in [0.25, 0.3) is 5.91 Å². The van der Waals surface area contributed by atoms with Crippen LogP contribution >= 0.6 is 0 Å². The van der Waals surface area contributed by atoms with Gasteiger partial charge < -0.3 is 60.1 Å². The number of carbonyl (C=O) groups excluding carboxylic acids is 10. The van der Waals surface area contributed by atoms with Crippen LogP contribution in [0.5, 0.6) is 5.75 Å². The molecule has 0 saturated carbocycles.